The molecule has 3 atom stereocenters. The normalized spacial score (nSPS) is 22.8. The second-order valence-electron chi connectivity index (χ2n) is 10.0. The van der Waals surface area contributed by atoms with E-state index >= 15 is 0 Å². The van der Waals surface area contributed by atoms with Gasteiger partial charge in [0.05, 0.1) is 5.92 Å². The van der Waals surface area contributed by atoms with E-state index in [0.29, 0.717) is 28.3 Å². The average molecular weight is 597 g/mol. The summed E-state index contributed by atoms with van der Waals surface area (Å²) in [6.07, 6.45) is -4.22. The van der Waals surface area contributed by atoms with E-state index in [9.17, 15) is 31.9 Å². The maximum absolute atomic E-state index is 14.4. The van der Waals surface area contributed by atoms with Crippen molar-refractivity contribution < 1.29 is 31.9 Å². The zero-order valence-corrected chi connectivity index (χ0v) is 21.9. The van der Waals surface area contributed by atoms with Crippen LogP contribution in [0.3, 0.4) is 0 Å². The highest BCUT2D eigenvalue weighted by Gasteiger charge is 2.63. The van der Waals surface area contributed by atoms with Crippen LogP contribution in [-0.2, 0) is 21.7 Å². The average Bonchev–Trinajstić information content (AvgIpc) is 3.65. The van der Waals surface area contributed by atoms with Gasteiger partial charge in [-0.1, -0.05) is 34.1 Å². The van der Waals surface area contributed by atoms with Crippen LogP contribution < -0.4 is 15.5 Å². The lowest BCUT2D eigenvalue weighted by Crippen LogP contribution is -2.58. The number of carbonyl (C=O) groups excluding carboxylic acids is 3. The van der Waals surface area contributed by atoms with Crippen LogP contribution in [0.1, 0.15) is 30.4 Å². The summed E-state index contributed by atoms with van der Waals surface area (Å²) in [6, 6.07) is 7.11. The summed E-state index contributed by atoms with van der Waals surface area (Å²) < 4.78 is 57.2. The molecule has 2 aliphatic heterocycles. The van der Waals surface area contributed by atoms with E-state index in [0.717, 1.165) is 4.47 Å². The number of halogens is 5. The molecule has 1 spiro atoms. The molecular formula is C26H25BrF4N4O3. The molecule has 38 heavy (non-hydrogen) atoms. The smallest absolute Gasteiger partial charge is 0.374 e. The molecule has 2 aromatic rings. The zero-order chi connectivity index (χ0) is 27.4. The number of urea groups is 1. The lowest BCUT2D eigenvalue weighted by atomic mass is 9.81. The molecule has 0 bridgehead atoms. The van der Waals surface area contributed by atoms with Crippen LogP contribution in [-0.4, -0.2) is 48.6 Å². The Bertz CT molecular complexity index is 1280. The third-order valence-electron chi connectivity index (χ3n) is 7.55. The fourth-order valence-electron chi connectivity index (χ4n) is 5.47. The molecule has 2 unspecified atom stereocenters. The Labute approximate surface area is 224 Å². The molecule has 4 amide bonds. The number of nitrogens with one attached hydrogen (secondary N) is 2. The van der Waals surface area contributed by atoms with Crippen molar-refractivity contribution in [2.45, 2.75) is 43.6 Å². The third-order valence-corrected chi connectivity index (χ3v) is 8.04. The first-order valence-electron chi connectivity index (χ1n) is 12.2. The fraction of sp³-hybridized carbons (Fsp3) is 0.423. The molecule has 1 aliphatic carbocycles. The van der Waals surface area contributed by atoms with Crippen molar-refractivity contribution in [3.63, 3.8) is 0 Å². The number of fused-ring (bicyclic) bond motifs is 2. The number of hydrogen-bond donors (Lipinski definition) is 2. The first-order valence-corrected chi connectivity index (χ1v) is 13.0. The lowest BCUT2D eigenvalue weighted by Gasteiger charge is -2.39. The number of alkyl halides is 3. The molecule has 12 heteroatoms. The van der Waals surface area contributed by atoms with Crippen LogP contribution in [0.2, 0.25) is 0 Å². The maximum atomic E-state index is 14.4. The van der Waals surface area contributed by atoms with Crippen molar-refractivity contribution in [2.24, 2.45) is 11.8 Å². The van der Waals surface area contributed by atoms with E-state index in [-0.39, 0.29) is 25.8 Å². The molecule has 2 fully saturated rings. The molecule has 7 nitrogen and oxygen atoms in total. The highest BCUT2D eigenvalue weighted by Crippen LogP contribution is 2.50. The molecule has 1 saturated heterocycles. The van der Waals surface area contributed by atoms with Gasteiger partial charge in [0.1, 0.15) is 11.9 Å². The number of amides is 4. The SMILES string of the molecule is CN1CCC2(NC(=O)N(C(C(=O)NCc3ccc(F)cc3)[C@H](C3CC3)C(F)(F)F)C2=O)c2ccc(Br)cc21. The number of benzene rings is 2. The van der Waals surface area contributed by atoms with Crippen molar-refractivity contribution in [3.05, 3.63) is 63.9 Å². The van der Waals surface area contributed by atoms with Gasteiger partial charge in [-0.2, -0.15) is 13.2 Å². The maximum Gasteiger partial charge on any atom is 0.394 e. The van der Waals surface area contributed by atoms with Crippen LogP contribution in [0.15, 0.2) is 46.9 Å². The van der Waals surface area contributed by atoms with E-state index in [4.69, 9.17) is 0 Å². The summed E-state index contributed by atoms with van der Waals surface area (Å²) in [4.78, 5) is 43.1. The molecule has 1 saturated carbocycles. The van der Waals surface area contributed by atoms with Crippen LogP contribution in [0.5, 0.6) is 0 Å². The number of imide groups is 1. The Hall–Kier alpha value is -3.15. The van der Waals surface area contributed by atoms with Gasteiger partial charge in [-0.25, -0.2) is 14.1 Å². The van der Waals surface area contributed by atoms with E-state index in [1.165, 1.54) is 24.3 Å². The molecule has 2 N–H and O–H groups in total. The van der Waals surface area contributed by atoms with Gasteiger partial charge in [0.15, 0.2) is 5.54 Å². The van der Waals surface area contributed by atoms with Gasteiger partial charge in [0.25, 0.3) is 5.91 Å². The van der Waals surface area contributed by atoms with Crippen molar-refractivity contribution >= 4 is 39.5 Å². The van der Waals surface area contributed by atoms with Gasteiger partial charge in [-0.05, 0) is 48.6 Å². The van der Waals surface area contributed by atoms with E-state index in [1.807, 2.05) is 11.9 Å². The Balaban J connectivity index is 1.52. The van der Waals surface area contributed by atoms with Gasteiger partial charge in [0, 0.05) is 42.3 Å². The largest absolute Gasteiger partial charge is 0.394 e. The summed E-state index contributed by atoms with van der Waals surface area (Å²) >= 11 is 3.39. The predicted octanol–water partition coefficient (Wildman–Crippen LogP) is 4.45. The van der Waals surface area contributed by atoms with E-state index in [2.05, 4.69) is 26.6 Å². The molecule has 0 radical (unpaired) electrons. The van der Waals surface area contributed by atoms with Crippen LogP contribution in [0.4, 0.5) is 28.0 Å². The zero-order valence-electron chi connectivity index (χ0n) is 20.3. The molecule has 3 aliphatic rings. The van der Waals surface area contributed by atoms with Crippen LogP contribution >= 0.6 is 15.9 Å². The lowest BCUT2D eigenvalue weighted by molar-refractivity contribution is -0.197. The van der Waals surface area contributed by atoms with Gasteiger partial charge in [0.2, 0.25) is 5.91 Å². The summed E-state index contributed by atoms with van der Waals surface area (Å²) in [5, 5.41) is 5.10. The monoisotopic (exact) mass is 596 g/mol. The van der Waals surface area contributed by atoms with Gasteiger partial charge < -0.3 is 15.5 Å². The number of anilines is 1. The van der Waals surface area contributed by atoms with Crippen LogP contribution in [0.25, 0.3) is 0 Å². The molecular weight excluding hydrogens is 572 g/mol. The standard InChI is InChI=1S/C26H25BrF4N4O3/c1-34-11-10-25(18-9-6-16(27)12-19(18)34)23(37)35(24(38)33-25)21(20(15-4-5-15)26(29,30)31)22(36)32-13-14-2-7-17(28)8-3-14/h2-3,6-9,12,15,20-21H,4-5,10-11,13H2,1H3,(H,32,36)(H,33,38)/t20-,21?,25?/m0/s1. The summed E-state index contributed by atoms with van der Waals surface area (Å²) in [6.45, 7) is 0.164. The minimum atomic E-state index is -4.83. The predicted molar refractivity (Wildman–Crippen MR) is 133 cm³/mol. The molecule has 202 valence electrons. The van der Waals surface area contributed by atoms with Crippen LogP contribution in [0, 0.1) is 17.7 Å². The van der Waals surface area contributed by atoms with Gasteiger partial charge >= 0.3 is 12.2 Å². The molecule has 2 aromatic carbocycles. The van der Waals surface area contributed by atoms with E-state index < -0.39 is 53.3 Å². The Morgan fingerprint density at radius 3 is 2.50 bits per heavy atom. The quantitative estimate of drug-likeness (QED) is 0.381. The van der Waals surface area contributed by atoms with Crippen molar-refractivity contribution in [2.75, 3.05) is 18.5 Å². The Morgan fingerprint density at radius 2 is 1.87 bits per heavy atom. The highest BCUT2D eigenvalue weighted by atomic mass is 79.9. The summed E-state index contributed by atoms with van der Waals surface area (Å²) in [5.41, 5.74) is -0.0323. The number of hydrogen-bond acceptors (Lipinski definition) is 4. The highest BCUT2D eigenvalue weighted by molar-refractivity contribution is 9.10. The summed E-state index contributed by atoms with van der Waals surface area (Å²) in [5.74, 6) is -5.56. The second kappa shape index (κ2) is 9.55. The third kappa shape index (κ3) is 4.63. The van der Waals surface area contributed by atoms with E-state index in [1.54, 1.807) is 18.2 Å². The Morgan fingerprint density at radius 1 is 1.18 bits per heavy atom. The fourth-order valence-corrected chi connectivity index (χ4v) is 5.82. The van der Waals surface area contributed by atoms with Crippen molar-refractivity contribution in [1.29, 1.82) is 0 Å². The van der Waals surface area contributed by atoms with Crippen molar-refractivity contribution in [3.8, 4) is 0 Å². The molecule has 2 heterocycles. The number of nitrogens with zero attached hydrogens (tertiary/aromatic N) is 2. The topological polar surface area (TPSA) is 81.8 Å². The first kappa shape index (κ1) is 26.5. The summed E-state index contributed by atoms with van der Waals surface area (Å²) in [7, 11) is 1.82. The first-order chi connectivity index (χ1) is 17.9. The molecule has 0 aromatic heterocycles. The Kier molecular flexibility index (Phi) is 6.65. The molecule has 5 rings (SSSR count). The minimum Gasteiger partial charge on any atom is -0.374 e. The number of rotatable bonds is 6. The number of carbonyl (C=O) groups is 3. The van der Waals surface area contributed by atoms with Gasteiger partial charge in [-0.3, -0.25) is 9.59 Å². The van der Waals surface area contributed by atoms with Gasteiger partial charge in [-0.15, -0.1) is 0 Å². The van der Waals surface area contributed by atoms with Crippen molar-refractivity contribution in [1.82, 2.24) is 15.5 Å². The second-order valence-corrected chi connectivity index (χ2v) is 11.0. The minimum absolute atomic E-state index is 0.128.